The Balaban J connectivity index is 6.26. The molecular formula is C49H84N16O18S4. The maximum absolute atomic E-state index is 14.0. The van der Waals surface area contributed by atoms with Gasteiger partial charge < -0.3 is 96.3 Å². The molecule has 11 atom stereocenters. The lowest BCUT2D eigenvalue weighted by molar-refractivity contribution is -0.141. The summed E-state index contributed by atoms with van der Waals surface area (Å²) < 4.78 is 0. The van der Waals surface area contributed by atoms with Crippen LogP contribution < -0.4 is 81.0 Å². The maximum Gasteiger partial charge on any atom is 0.327 e. The van der Waals surface area contributed by atoms with Gasteiger partial charge in [0.2, 0.25) is 70.9 Å². The number of hydrogen-bond acceptors (Lipinski definition) is 21. The second kappa shape index (κ2) is 41.7. The van der Waals surface area contributed by atoms with Crippen molar-refractivity contribution in [1.82, 2.24) is 63.8 Å². The van der Waals surface area contributed by atoms with Crippen LogP contribution in [0.5, 0.6) is 0 Å². The van der Waals surface area contributed by atoms with E-state index >= 15 is 0 Å². The third-order valence-electron chi connectivity index (χ3n) is 12.1. The van der Waals surface area contributed by atoms with E-state index in [2.05, 4.69) is 119 Å². The molecule has 0 saturated heterocycles. The van der Waals surface area contributed by atoms with E-state index in [0.29, 0.717) is 0 Å². The van der Waals surface area contributed by atoms with Gasteiger partial charge in [0.25, 0.3) is 0 Å². The highest BCUT2D eigenvalue weighted by Gasteiger charge is 2.35. The fraction of sp³-hybridized carbons (Fsp3) is 0.673. The Morgan fingerprint density at radius 2 is 0.805 bits per heavy atom. The Labute approximate surface area is 523 Å². The maximum atomic E-state index is 14.0. The van der Waals surface area contributed by atoms with Gasteiger partial charge in [-0.2, -0.15) is 50.5 Å². The minimum Gasteiger partial charge on any atom is -0.481 e. The first-order valence-electron chi connectivity index (χ1n) is 27.1. The van der Waals surface area contributed by atoms with Crippen LogP contribution in [0.3, 0.4) is 0 Å². The quantitative estimate of drug-likeness (QED) is 0.0117. The predicted molar refractivity (Wildman–Crippen MR) is 326 cm³/mol. The molecule has 0 unspecified atom stereocenters. The third-order valence-corrected chi connectivity index (χ3v) is 13.6. The highest BCUT2D eigenvalue weighted by Crippen LogP contribution is 2.10. The van der Waals surface area contributed by atoms with Crippen LogP contribution in [0.4, 0.5) is 0 Å². The number of guanidine groups is 1. The van der Waals surface area contributed by atoms with E-state index in [4.69, 9.17) is 27.4 Å². The van der Waals surface area contributed by atoms with Crippen molar-refractivity contribution in [3.8, 4) is 0 Å². The van der Waals surface area contributed by atoms with Crippen molar-refractivity contribution in [1.29, 1.82) is 0 Å². The predicted octanol–water partition coefficient (Wildman–Crippen LogP) is -7.28. The standard InChI is InChI=1S/C49H84N16O18S4/c1-21(2)14-29(62-38(72)24(6)57-47(81)37(22(3)4)65-40(74)25(50)17-84)45(79)64-31(19-86)46(80)60-26(8-7-13-53-49(51)52)44(78)61-28(10-12-36(70)71)43(77)56-23(5)39(73)63-30(18-85)42(76)55-15-33(66)58-27(9-11-35(68)69)41(75)54-16-34(67)59-32(20-87)48(82)83/h21-32,37,84-87H,7-20,50H2,1-6H3,(H,54,75)(H,55,76)(H,56,77)(H,57,81)(H,58,66)(H,59,67)(H,60,80)(H,61,78)(H,62,72)(H,63,73)(H,64,79)(H,65,74)(H,68,69)(H,70,71)(H,82,83)(H4,51,52,53)/t23-,24-,25-,26-,27-,28-,29-,30-,31-,32-,37-/m0/s1. The first-order chi connectivity index (χ1) is 40.6. The Morgan fingerprint density at radius 3 is 1.24 bits per heavy atom. The number of carboxylic acid groups (broad SMARTS) is 3. The number of nitrogens with one attached hydrogen (secondary N) is 12. The fourth-order valence-electron chi connectivity index (χ4n) is 7.23. The number of nitrogens with two attached hydrogens (primary N) is 3. The number of carbonyl (C=O) groups excluding carboxylic acids is 12. The summed E-state index contributed by atoms with van der Waals surface area (Å²) >= 11 is 16.1. The van der Waals surface area contributed by atoms with Crippen LogP contribution in [0.25, 0.3) is 0 Å². The van der Waals surface area contributed by atoms with Crippen LogP contribution in [0.15, 0.2) is 4.99 Å². The average molecular weight is 1310 g/mol. The van der Waals surface area contributed by atoms with E-state index in [1.54, 1.807) is 27.7 Å². The molecule has 0 fully saturated rings. The molecule has 0 saturated carbocycles. The van der Waals surface area contributed by atoms with Gasteiger partial charge in [-0.05, 0) is 57.8 Å². The van der Waals surface area contributed by atoms with Crippen molar-refractivity contribution in [3.63, 3.8) is 0 Å². The molecule has 0 aliphatic carbocycles. The molecule has 38 heteroatoms. The largest absolute Gasteiger partial charge is 0.481 e. The van der Waals surface area contributed by atoms with Gasteiger partial charge in [0.1, 0.15) is 60.4 Å². The topological polar surface area (TPSA) is 552 Å². The number of nitrogens with zero attached hydrogens (tertiary/aromatic N) is 1. The van der Waals surface area contributed by atoms with Gasteiger partial charge in [0, 0.05) is 42.4 Å². The molecule has 0 rings (SSSR count). The molecule has 12 amide bonds. The Hall–Kier alpha value is -7.32. The molecule has 0 heterocycles. The number of carbonyl (C=O) groups is 15. The molecule has 0 aromatic rings. The number of carboxylic acids is 3. The molecule has 87 heavy (non-hydrogen) atoms. The first-order valence-corrected chi connectivity index (χ1v) is 29.6. The van der Waals surface area contributed by atoms with Crippen molar-refractivity contribution < 1.29 is 87.2 Å². The van der Waals surface area contributed by atoms with Crippen molar-refractivity contribution >= 4 is 145 Å². The molecule has 0 aliphatic heterocycles. The zero-order valence-electron chi connectivity index (χ0n) is 48.8. The van der Waals surface area contributed by atoms with Crippen LogP contribution in [0.2, 0.25) is 0 Å². The van der Waals surface area contributed by atoms with Crippen molar-refractivity contribution in [2.24, 2.45) is 34.0 Å². The molecule has 0 spiro atoms. The number of aliphatic imine (C=N–C) groups is 1. The summed E-state index contributed by atoms with van der Waals surface area (Å²) in [6.07, 6.45) is -2.57. The summed E-state index contributed by atoms with van der Waals surface area (Å²) in [5.74, 6) is -17.4. The van der Waals surface area contributed by atoms with Crippen LogP contribution >= 0.6 is 50.5 Å². The van der Waals surface area contributed by atoms with E-state index in [1.165, 1.54) is 6.92 Å². The molecular weight excluding hydrogens is 1230 g/mol. The van der Waals surface area contributed by atoms with Gasteiger partial charge in [-0.15, -0.1) is 0 Å². The zero-order chi connectivity index (χ0) is 66.8. The van der Waals surface area contributed by atoms with Crippen molar-refractivity contribution in [3.05, 3.63) is 0 Å². The van der Waals surface area contributed by atoms with Gasteiger partial charge >= 0.3 is 17.9 Å². The third kappa shape index (κ3) is 32.3. The zero-order valence-corrected chi connectivity index (χ0v) is 52.4. The number of hydrogen-bond donors (Lipinski definition) is 22. The van der Waals surface area contributed by atoms with E-state index < -0.39 is 206 Å². The van der Waals surface area contributed by atoms with Crippen molar-refractivity contribution in [2.45, 2.75) is 153 Å². The Morgan fingerprint density at radius 1 is 0.425 bits per heavy atom. The van der Waals surface area contributed by atoms with Crippen LogP contribution in [0.1, 0.15) is 86.5 Å². The minimum atomic E-state index is -1.70. The van der Waals surface area contributed by atoms with Crippen molar-refractivity contribution in [2.75, 3.05) is 42.6 Å². The number of aliphatic carboxylic acids is 3. The summed E-state index contributed by atoms with van der Waals surface area (Å²) in [6, 6.07) is -15.4. The highest BCUT2D eigenvalue weighted by molar-refractivity contribution is 7.80. The lowest BCUT2D eigenvalue weighted by Gasteiger charge is -2.28. The van der Waals surface area contributed by atoms with Gasteiger partial charge in [-0.25, -0.2) is 4.79 Å². The summed E-state index contributed by atoms with van der Waals surface area (Å²) in [7, 11) is 0. The average Bonchev–Trinajstić information content (AvgIpc) is 3.59. The molecule has 492 valence electrons. The Kier molecular flexibility index (Phi) is 38.2. The van der Waals surface area contributed by atoms with Gasteiger partial charge in [0.05, 0.1) is 19.1 Å². The van der Waals surface area contributed by atoms with Crippen LogP contribution in [0, 0.1) is 11.8 Å². The number of thiol groups is 4. The monoisotopic (exact) mass is 1310 g/mol. The molecule has 0 aromatic carbocycles. The molecule has 0 aromatic heterocycles. The molecule has 0 aliphatic rings. The van der Waals surface area contributed by atoms with Crippen LogP contribution in [-0.4, -0.2) is 219 Å². The normalized spacial score (nSPS) is 14.7. The van der Waals surface area contributed by atoms with E-state index in [0.717, 1.165) is 6.92 Å². The second-order valence-electron chi connectivity index (χ2n) is 20.3. The van der Waals surface area contributed by atoms with Gasteiger partial charge in [0.15, 0.2) is 5.96 Å². The summed E-state index contributed by atoms with van der Waals surface area (Å²) in [5.41, 5.74) is 16.6. The number of rotatable bonds is 42. The minimum absolute atomic E-state index is 0.000647. The number of amides is 12. The fourth-order valence-corrected chi connectivity index (χ4v) is 8.16. The Bertz CT molecular complexity index is 2460. The summed E-state index contributed by atoms with van der Waals surface area (Å²) in [5, 5.41) is 56.0. The SMILES string of the molecule is CC(C)C[C@H](NC(=O)[C@H](C)NC(=O)[C@@H](NC(=O)[C@@H](N)CS)C(C)C)C(=O)N[C@@H](CS)C(=O)N[C@@H](CCCN=C(N)N)C(=O)N[C@@H](CCC(=O)O)C(=O)N[C@@H](C)C(=O)N[C@@H](CS)C(=O)NCC(=O)N[C@@H](CCC(=O)O)C(=O)NCC(=O)N[C@@H](CS)C(=O)O. The first kappa shape index (κ1) is 79.7. The van der Waals surface area contributed by atoms with E-state index in [9.17, 15) is 77.0 Å². The lowest BCUT2D eigenvalue weighted by atomic mass is 10.0. The smallest absolute Gasteiger partial charge is 0.327 e. The van der Waals surface area contributed by atoms with E-state index in [-0.39, 0.29) is 54.9 Å². The summed E-state index contributed by atoms with van der Waals surface area (Å²) in [6.45, 7) is 7.62. The highest BCUT2D eigenvalue weighted by atomic mass is 32.1. The second-order valence-corrected chi connectivity index (χ2v) is 21.8. The molecule has 21 N–H and O–H groups in total. The molecule has 0 bridgehead atoms. The van der Waals surface area contributed by atoms with Gasteiger partial charge in [-0.1, -0.05) is 27.7 Å². The molecule has 0 radical (unpaired) electrons. The lowest BCUT2D eigenvalue weighted by Crippen LogP contribution is -2.60. The van der Waals surface area contributed by atoms with Gasteiger partial charge in [-0.3, -0.25) is 72.1 Å². The molecule has 34 nitrogen and oxygen atoms in total. The van der Waals surface area contributed by atoms with E-state index in [1.807, 2.05) is 0 Å². The summed E-state index contributed by atoms with van der Waals surface area (Å²) in [4.78, 5) is 197. The van der Waals surface area contributed by atoms with Crippen LogP contribution in [-0.2, 0) is 71.9 Å².